The lowest BCUT2D eigenvalue weighted by Gasteiger charge is -2.27. The number of benzene rings is 2. The number of pyridine rings is 1. The van der Waals surface area contributed by atoms with Gasteiger partial charge in [0.05, 0.1) is 13.2 Å². The van der Waals surface area contributed by atoms with Gasteiger partial charge in [-0.2, -0.15) is 0 Å². The monoisotopic (exact) mass is 458 g/mol. The molecule has 6 nitrogen and oxygen atoms in total. The highest BCUT2D eigenvalue weighted by Crippen LogP contribution is 2.41. The van der Waals surface area contributed by atoms with Crippen LogP contribution in [0.4, 0.5) is 11.5 Å². The molecule has 2 N–H and O–H groups in total. The van der Waals surface area contributed by atoms with Crippen LogP contribution >= 0.6 is 11.3 Å². The summed E-state index contributed by atoms with van der Waals surface area (Å²) in [6.45, 7) is 6.76. The standard InChI is InChI=1S/C24H20N4O2S.C2H6/c25-15-6-7-20-19(13-15)17-4-1-3-16(23(17)31-20)18-5-2-8-28-22(29)14-21(26-24(18)28)27-9-11-30-12-10-27;1-2/h1-8,13-14H,9-12,25H2;1-2H3. The van der Waals surface area contributed by atoms with Crippen LogP contribution in [-0.4, -0.2) is 35.7 Å². The highest BCUT2D eigenvalue weighted by Gasteiger charge is 2.17. The van der Waals surface area contributed by atoms with Gasteiger partial charge in [-0.25, -0.2) is 4.98 Å². The second kappa shape index (κ2) is 8.84. The number of ether oxygens (including phenoxy) is 1. The molecule has 2 aromatic carbocycles. The molecule has 0 unspecified atom stereocenters. The van der Waals surface area contributed by atoms with Crippen LogP contribution in [-0.2, 0) is 4.74 Å². The largest absolute Gasteiger partial charge is 0.399 e. The molecule has 6 rings (SSSR count). The fourth-order valence-corrected chi connectivity index (χ4v) is 5.52. The Labute approximate surface area is 195 Å². The van der Waals surface area contributed by atoms with E-state index in [0.29, 0.717) is 24.7 Å². The van der Waals surface area contributed by atoms with Crippen molar-refractivity contribution in [1.29, 1.82) is 0 Å². The summed E-state index contributed by atoms with van der Waals surface area (Å²) in [6, 6.07) is 17.9. The van der Waals surface area contributed by atoms with Gasteiger partial charge in [-0.3, -0.25) is 9.20 Å². The molecule has 0 spiro atoms. The van der Waals surface area contributed by atoms with Crippen molar-refractivity contribution in [1.82, 2.24) is 9.38 Å². The zero-order valence-electron chi connectivity index (χ0n) is 18.7. The Bertz CT molecular complexity index is 1520. The maximum atomic E-state index is 12.9. The third-order valence-corrected chi connectivity index (χ3v) is 7.04. The van der Waals surface area contributed by atoms with E-state index in [9.17, 15) is 4.79 Å². The number of nitrogen functional groups attached to an aromatic ring is 1. The molecule has 1 aliphatic heterocycles. The van der Waals surface area contributed by atoms with Gasteiger partial charge in [0.1, 0.15) is 11.5 Å². The van der Waals surface area contributed by atoms with Gasteiger partial charge in [-0.05, 0) is 30.3 Å². The minimum Gasteiger partial charge on any atom is -0.399 e. The fraction of sp³-hybridized carbons (Fsp3) is 0.231. The van der Waals surface area contributed by atoms with Gasteiger partial charge in [-0.15, -0.1) is 11.3 Å². The Balaban J connectivity index is 0.00000111. The number of nitrogens with two attached hydrogens (primary N) is 1. The fourth-order valence-electron chi connectivity index (χ4n) is 4.31. The number of fused-ring (bicyclic) bond motifs is 4. The molecule has 168 valence electrons. The number of hydrogen-bond donors (Lipinski definition) is 1. The zero-order valence-corrected chi connectivity index (χ0v) is 19.6. The Morgan fingerprint density at radius 2 is 1.76 bits per heavy atom. The normalized spacial score (nSPS) is 13.9. The predicted molar refractivity (Wildman–Crippen MR) is 139 cm³/mol. The molecule has 0 aliphatic carbocycles. The van der Waals surface area contributed by atoms with Crippen molar-refractivity contribution in [2.24, 2.45) is 0 Å². The molecule has 0 radical (unpaired) electrons. The van der Waals surface area contributed by atoms with E-state index >= 15 is 0 Å². The molecule has 4 heterocycles. The summed E-state index contributed by atoms with van der Waals surface area (Å²) < 4.78 is 9.44. The maximum Gasteiger partial charge on any atom is 0.259 e. The van der Waals surface area contributed by atoms with Crippen LogP contribution in [0.3, 0.4) is 0 Å². The smallest absolute Gasteiger partial charge is 0.259 e. The van der Waals surface area contributed by atoms with Crippen molar-refractivity contribution in [2.45, 2.75) is 13.8 Å². The summed E-state index contributed by atoms with van der Waals surface area (Å²) in [6.07, 6.45) is 1.78. The van der Waals surface area contributed by atoms with E-state index in [1.807, 2.05) is 38.1 Å². The molecule has 1 saturated heterocycles. The number of rotatable bonds is 2. The number of morpholine rings is 1. The molecule has 0 saturated carbocycles. The lowest BCUT2D eigenvalue weighted by Crippen LogP contribution is -2.37. The van der Waals surface area contributed by atoms with E-state index in [1.54, 1.807) is 28.0 Å². The van der Waals surface area contributed by atoms with Gasteiger partial charge in [0.15, 0.2) is 0 Å². The number of hydrogen-bond acceptors (Lipinski definition) is 6. The van der Waals surface area contributed by atoms with Gasteiger partial charge < -0.3 is 15.4 Å². The van der Waals surface area contributed by atoms with Crippen LogP contribution in [0.1, 0.15) is 13.8 Å². The molecule has 0 bridgehead atoms. The van der Waals surface area contributed by atoms with Crippen LogP contribution < -0.4 is 16.2 Å². The summed E-state index contributed by atoms with van der Waals surface area (Å²) in [5.74, 6) is 0.706. The first-order valence-electron chi connectivity index (χ1n) is 11.3. The SMILES string of the molecule is CC.Nc1ccc2sc3c(-c4cccn5c(=O)cc(N6CCOCC6)nc45)cccc3c2c1. The maximum absolute atomic E-state index is 12.9. The molecule has 0 amide bonds. The van der Waals surface area contributed by atoms with Crippen molar-refractivity contribution < 1.29 is 4.74 Å². The molecule has 5 aromatic rings. The van der Waals surface area contributed by atoms with Crippen LogP contribution in [0.25, 0.3) is 36.9 Å². The average Bonchev–Trinajstić information content (AvgIpc) is 3.23. The highest BCUT2D eigenvalue weighted by atomic mass is 32.1. The van der Waals surface area contributed by atoms with E-state index in [4.69, 9.17) is 15.5 Å². The van der Waals surface area contributed by atoms with Gasteiger partial charge in [0.2, 0.25) is 0 Å². The zero-order chi connectivity index (χ0) is 22.9. The van der Waals surface area contributed by atoms with Gasteiger partial charge in [0.25, 0.3) is 5.56 Å². The first-order chi connectivity index (χ1) is 16.2. The predicted octanol–water partition coefficient (Wildman–Crippen LogP) is 5.17. The lowest BCUT2D eigenvalue weighted by molar-refractivity contribution is 0.122. The van der Waals surface area contributed by atoms with Crippen molar-refractivity contribution in [3.8, 4) is 11.1 Å². The summed E-state index contributed by atoms with van der Waals surface area (Å²) in [5.41, 5.74) is 9.40. The second-order valence-electron chi connectivity index (χ2n) is 7.71. The van der Waals surface area contributed by atoms with Gasteiger partial charge in [-0.1, -0.05) is 32.0 Å². The molecule has 7 heteroatoms. The summed E-state index contributed by atoms with van der Waals surface area (Å²) in [7, 11) is 0. The third-order valence-electron chi connectivity index (χ3n) is 5.82. The third kappa shape index (κ3) is 3.73. The topological polar surface area (TPSA) is 72.9 Å². The van der Waals surface area contributed by atoms with E-state index < -0.39 is 0 Å². The first kappa shape index (κ1) is 21.4. The Morgan fingerprint density at radius 1 is 0.970 bits per heavy atom. The summed E-state index contributed by atoms with van der Waals surface area (Å²) in [5, 5.41) is 2.32. The Hall–Kier alpha value is -3.42. The quantitative estimate of drug-likeness (QED) is 0.369. The van der Waals surface area contributed by atoms with E-state index in [1.165, 1.54) is 14.8 Å². The minimum absolute atomic E-state index is 0.0790. The molecule has 1 fully saturated rings. The average molecular weight is 459 g/mol. The van der Waals surface area contributed by atoms with Crippen molar-refractivity contribution in [3.63, 3.8) is 0 Å². The van der Waals surface area contributed by atoms with Crippen molar-refractivity contribution in [3.05, 3.63) is 71.1 Å². The number of nitrogens with zero attached hydrogens (tertiary/aromatic N) is 3. The molecular formula is C26H26N4O2S. The number of anilines is 2. The van der Waals surface area contributed by atoms with Crippen LogP contribution in [0.5, 0.6) is 0 Å². The highest BCUT2D eigenvalue weighted by molar-refractivity contribution is 7.26. The van der Waals surface area contributed by atoms with Crippen LogP contribution in [0.2, 0.25) is 0 Å². The van der Waals surface area contributed by atoms with E-state index in [2.05, 4.69) is 29.2 Å². The van der Waals surface area contributed by atoms with E-state index in [0.717, 1.165) is 35.3 Å². The second-order valence-corrected chi connectivity index (χ2v) is 8.76. The van der Waals surface area contributed by atoms with Crippen molar-refractivity contribution in [2.75, 3.05) is 36.9 Å². The Morgan fingerprint density at radius 3 is 2.58 bits per heavy atom. The molecule has 3 aromatic heterocycles. The summed E-state index contributed by atoms with van der Waals surface area (Å²) >= 11 is 1.74. The van der Waals surface area contributed by atoms with E-state index in [-0.39, 0.29) is 5.56 Å². The van der Waals surface area contributed by atoms with Gasteiger partial charge >= 0.3 is 0 Å². The van der Waals surface area contributed by atoms with Crippen LogP contribution in [0.15, 0.2) is 65.6 Å². The van der Waals surface area contributed by atoms with Crippen molar-refractivity contribution >= 4 is 48.7 Å². The van der Waals surface area contributed by atoms with Crippen LogP contribution in [0, 0.1) is 0 Å². The molecule has 1 aliphatic rings. The minimum atomic E-state index is -0.0790. The lowest BCUT2D eigenvalue weighted by atomic mass is 10.0. The molecular weight excluding hydrogens is 432 g/mol. The summed E-state index contributed by atoms with van der Waals surface area (Å²) in [4.78, 5) is 20.0. The van der Waals surface area contributed by atoms with Gasteiger partial charge in [0, 0.05) is 62.3 Å². The number of thiophene rings is 1. The molecule has 0 atom stereocenters. The Kier molecular flexibility index (Phi) is 5.74. The number of aromatic nitrogens is 2. The first-order valence-corrected chi connectivity index (χ1v) is 12.1. The molecule has 33 heavy (non-hydrogen) atoms.